The summed E-state index contributed by atoms with van der Waals surface area (Å²) in [4.78, 5) is 6.89. The highest BCUT2D eigenvalue weighted by Gasteiger charge is 2.10. The fraction of sp³-hybridized carbons (Fsp3) is 0.312. The normalized spacial score (nSPS) is 11.0. The first-order valence-corrected chi connectivity index (χ1v) is 8.00. The lowest BCUT2D eigenvalue weighted by atomic mass is 10.3. The topological polar surface area (TPSA) is 58.8 Å². The molecular weight excluding hydrogens is 298 g/mol. The summed E-state index contributed by atoms with van der Waals surface area (Å²) in [6, 6.07) is 7.73. The average molecular weight is 317 g/mol. The van der Waals surface area contributed by atoms with E-state index in [2.05, 4.69) is 27.8 Å². The second-order valence-electron chi connectivity index (χ2n) is 5.09. The molecule has 6 heteroatoms. The van der Waals surface area contributed by atoms with E-state index in [1.54, 1.807) is 11.3 Å². The number of aliphatic hydroxyl groups excluding tert-OH is 1. The number of fused-ring (bicyclic) bond motifs is 1. The van der Waals surface area contributed by atoms with Crippen LogP contribution in [0.4, 0.5) is 5.69 Å². The minimum absolute atomic E-state index is 0.0244. The summed E-state index contributed by atoms with van der Waals surface area (Å²) in [6.45, 7) is 5.20. The molecule has 0 aliphatic heterocycles. The molecule has 2 heterocycles. The number of aromatic nitrogens is 2. The largest absolute Gasteiger partial charge is 0.491 e. The molecule has 116 valence electrons. The number of imidazole rings is 1. The molecule has 5 nitrogen and oxygen atoms in total. The van der Waals surface area contributed by atoms with Crippen molar-refractivity contribution in [3.63, 3.8) is 0 Å². The molecule has 0 saturated carbocycles. The summed E-state index contributed by atoms with van der Waals surface area (Å²) in [5.74, 6) is 0.760. The molecule has 0 amide bonds. The minimum atomic E-state index is 0.0244. The maximum atomic E-state index is 8.74. The van der Waals surface area contributed by atoms with Gasteiger partial charge in [0.05, 0.1) is 24.5 Å². The maximum Gasteiger partial charge on any atom is 0.194 e. The monoisotopic (exact) mass is 317 g/mol. The van der Waals surface area contributed by atoms with Gasteiger partial charge in [0, 0.05) is 16.8 Å². The maximum absolute atomic E-state index is 8.74. The van der Waals surface area contributed by atoms with Gasteiger partial charge in [0.15, 0.2) is 4.96 Å². The lowest BCUT2D eigenvalue weighted by Crippen LogP contribution is -2.04. The number of rotatable bonds is 6. The van der Waals surface area contributed by atoms with Crippen molar-refractivity contribution in [2.24, 2.45) is 0 Å². The van der Waals surface area contributed by atoms with Gasteiger partial charge < -0.3 is 15.2 Å². The zero-order chi connectivity index (χ0) is 15.5. The van der Waals surface area contributed by atoms with Gasteiger partial charge in [0.2, 0.25) is 0 Å². The number of anilines is 1. The third-order valence-corrected chi connectivity index (χ3v) is 4.31. The number of aryl methyl sites for hydroxylation is 2. The Kier molecular flexibility index (Phi) is 4.31. The van der Waals surface area contributed by atoms with E-state index in [1.807, 2.05) is 31.2 Å². The van der Waals surface area contributed by atoms with Crippen LogP contribution in [0.15, 0.2) is 30.5 Å². The van der Waals surface area contributed by atoms with Gasteiger partial charge in [-0.15, -0.1) is 11.3 Å². The molecule has 3 rings (SSSR count). The van der Waals surface area contributed by atoms with Crippen LogP contribution in [-0.4, -0.2) is 27.7 Å². The first-order chi connectivity index (χ1) is 10.7. The highest BCUT2D eigenvalue weighted by Crippen LogP contribution is 2.22. The Morgan fingerprint density at radius 2 is 2.05 bits per heavy atom. The molecule has 22 heavy (non-hydrogen) atoms. The van der Waals surface area contributed by atoms with Crippen molar-refractivity contribution in [1.29, 1.82) is 0 Å². The first-order valence-electron chi connectivity index (χ1n) is 7.19. The number of nitrogens with zero attached hydrogens (tertiary/aromatic N) is 2. The molecule has 0 unspecified atom stereocenters. The lowest BCUT2D eigenvalue weighted by Gasteiger charge is -2.08. The smallest absolute Gasteiger partial charge is 0.194 e. The highest BCUT2D eigenvalue weighted by molar-refractivity contribution is 7.17. The van der Waals surface area contributed by atoms with Crippen molar-refractivity contribution in [2.75, 3.05) is 18.5 Å². The molecule has 3 aromatic rings. The summed E-state index contributed by atoms with van der Waals surface area (Å²) >= 11 is 1.71. The zero-order valence-electron chi connectivity index (χ0n) is 12.7. The van der Waals surface area contributed by atoms with Crippen LogP contribution >= 0.6 is 11.3 Å². The Hall–Kier alpha value is -2.05. The number of thiazole rings is 1. The van der Waals surface area contributed by atoms with Gasteiger partial charge in [-0.25, -0.2) is 4.98 Å². The van der Waals surface area contributed by atoms with Gasteiger partial charge in [-0.2, -0.15) is 0 Å². The number of hydrogen-bond donors (Lipinski definition) is 2. The van der Waals surface area contributed by atoms with Gasteiger partial charge in [-0.05, 0) is 38.1 Å². The fourth-order valence-corrected chi connectivity index (χ4v) is 3.23. The van der Waals surface area contributed by atoms with E-state index < -0.39 is 0 Å². The molecule has 0 fully saturated rings. The van der Waals surface area contributed by atoms with E-state index >= 15 is 0 Å². The van der Waals surface area contributed by atoms with Crippen molar-refractivity contribution in [2.45, 2.75) is 20.4 Å². The zero-order valence-corrected chi connectivity index (χ0v) is 13.5. The highest BCUT2D eigenvalue weighted by atomic mass is 32.1. The van der Waals surface area contributed by atoms with E-state index in [9.17, 15) is 0 Å². The predicted molar refractivity (Wildman–Crippen MR) is 88.9 cm³/mol. The molecule has 0 aliphatic carbocycles. The lowest BCUT2D eigenvalue weighted by molar-refractivity contribution is 0.201. The Morgan fingerprint density at radius 1 is 1.27 bits per heavy atom. The molecule has 0 radical (unpaired) electrons. The summed E-state index contributed by atoms with van der Waals surface area (Å²) in [5.41, 5.74) is 3.26. The number of aliphatic hydroxyl groups is 1. The molecule has 0 aliphatic rings. The Bertz CT molecular complexity index is 762. The van der Waals surface area contributed by atoms with Crippen LogP contribution in [0.2, 0.25) is 0 Å². The molecule has 1 aromatic carbocycles. The molecule has 2 N–H and O–H groups in total. The van der Waals surface area contributed by atoms with Crippen LogP contribution in [0.3, 0.4) is 0 Å². The van der Waals surface area contributed by atoms with Crippen LogP contribution in [0, 0.1) is 13.8 Å². The quantitative estimate of drug-likeness (QED) is 0.734. The Balaban J connectivity index is 1.69. The van der Waals surface area contributed by atoms with Crippen molar-refractivity contribution >= 4 is 22.0 Å². The minimum Gasteiger partial charge on any atom is -0.491 e. The summed E-state index contributed by atoms with van der Waals surface area (Å²) in [5, 5.41) is 12.2. The summed E-state index contributed by atoms with van der Waals surface area (Å²) < 4.78 is 7.50. The third kappa shape index (κ3) is 3.08. The number of ether oxygens (including phenoxy) is 1. The SMILES string of the molecule is Cc1cn2c(CNc3ccc(OCCO)cc3)c(C)nc2s1. The molecule has 0 bridgehead atoms. The van der Waals surface area contributed by atoms with E-state index in [-0.39, 0.29) is 6.61 Å². The van der Waals surface area contributed by atoms with Crippen LogP contribution in [0.25, 0.3) is 4.96 Å². The number of benzene rings is 1. The van der Waals surface area contributed by atoms with Crippen molar-refractivity contribution in [3.05, 3.63) is 46.7 Å². The van der Waals surface area contributed by atoms with Gasteiger partial charge >= 0.3 is 0 Å². The van der Waals surface area contributed by atoms with Crippen LogP contribution in [-0.2, 0) is 6.54 Å². The predicted octanol–water partition coefficient (Wildman–Crippen LogP) is 3.00. The van der Waals surface area contributed by atoms with Crippen molar-refractivity contribution < 1.29 is 9.84 Å². The molecule has 2 aromatic heterocycles. The van der Waals surface area contributed by atoms with Gasteiger partial charge in [0.1, 0.15) is 12.4 Å². The van der Waals surface area contributed by atoms with Crippen LogP contribution in [0.5, 0.6) is 5.75 Å². The van der Waals surface area contributed by atoms with Crippen LogP contribution < -0.4 is 10.1 Å². The van der Waals surface area contributed by atoms with Gasteiger partial charge in [0.25, 0.3) is 0 Å². The molecular formula is C16H19N3O2S. The van der Waals surface area contributed by atoms with Gasteiger partial charge in [-0.1, -0.05) is 0 Å². The number of nitrogens with one attached hydrogen (secondary N) is 1. The van der Waals surface area contributed by atoms with Crippen molar-refractivity contribution in [3.8, 4) is 5.75 Å². The van der Waals surface area contributed by atoms with Crippen molar-refractivity contribution in [1.82, 2.24) is 9.38 Å². The summed E-state index contributed by atoms with van der Waals surface area (Å²) in [7, 11) is 0. The second kappa shape index (κ2) is 6.37. The van der Waals surface area contributed by atoms with E-state index in [0.29, 0.717) is 6.61 Å². The molecule has 0 spiro atoms. The molecule has 0 saturated heterocycles. The van der Waals surface area contributed by atoms with Gasteiger partial charge in [-0.3, -0.25) is 4.40 Å². The first kappa shape index (κ1) is 14.9. The van der Waals surface area contributed by atoms with E-state index in [1.165, 1.54) is 10.6 Å². The van der Waals surface area contributed by atoms with Crippen LogP contribution in [0.1, 0.15) is 16.3 Å². The molecule has 0 atom stereocenters. The Morgan fingerprint density at radius 3 is 2.77 bits per heavy atom. The Labute approximate surface area is 133 Å². The second-order valence-corrected chi connectivity index (χ2v) is 6.30. The number of hydrogen-bond acceptors (Lipinski definition) is 5. The van der Waals surface area contributed by atoms with E-state index in [4.69, 9.17) is 9.84 Å². The standard InChI is InChI=1S/C16H19N3O2S/c1-11-10-19-15(12(2)18-16(19)22-11)9-17-13-3-5-14(6-4-13)21-8-7-20/h3-6,10,17,20H,7-9H2,1-2H3. The van der Waals surface area contributed by atoms with E-state index in [0.717, 1.165) is 28.6 Å². The summed E-state index contributed by atoms with van der Waals surface area (Å²) in [6.07, 6.45) is 2.13. The third-order valence-electron chi connectivity index (χ3n) is 3.42. The fourth-order valence-electron chi connectivity index (χ4n) is 2.34. The average Bonchev–Trinajstić information content (AvgIpc) is 2.99.